The van der Waals surface area contributed by atoms with Gasteiger partial charge in [-0.15, -0.1) is 0 Å². The molecule has 1 atom stereocenters. The Balaban J connectivity index is 1.90. The number of hydrogen-bond donors (Lipinski definition) is 1. The van der Waals surface area contributed by atoms with Crippen molar-refractivity contribution in [3.05, 3.63) is 66.2 Å². The second kappa shape index (κ2) is 7.78. The summed E-state index contributed by atoms with van der Waals surface area (Å²) in [6.45, 7) is 0. The van der Waals surface area contributed by atoms with Crippen molar-refractivity contribution in [3.8, 4) is 17.2 Å². The van der Waals surface area contributed by atoms with E-state index in [2.05, 4.69) is 0 Å². The molecule has 5 heteroatoms. The zero-order valence-electron chi connectivity index (χ0n) is 14.6. The topological polar surface area (TPSA) is 65.0 Å². The largest absolute Gasteiger partial charge is 0.497 e. The first kappa shape index (κ1) is 17.6. The third kappa shape index (κ3) is 3.72. The van der Waals surface area contributed by atoms with Crippen LogP contribution in [-0.4, -0.2) is 31.4 Å². The summed E-state index contributed by atoms with van der Waals surface area (Å²) < 4.78 is 16.4. The standard InChI is InChI=1S/C21H20O5/c1-24-16-11-10-15(19(13-16)25-2)12-20(21(22)23)26-18-9-5-7-14-6-3-4-8-17(14)18/h3-11,13,20H,12H2,1-2H3,(H,22,23)/t20-/m1/s1. The molecule has 0 spiro atoms. The molecule has 0 amide bonds. The van der Waals surface area contributed by atoms with Gasteiger partial charge < -0.3 is 19.3 Å². The molecule has 1 N–H and O–H groups in total. The van der Waals surface area contributed by atoms with Crippen LogP contribution in [0.3, 0.4) is 0 Å². The van der Waals surface area contributed by atoms with Crippen molar-refractivity contribution in [2.45, 2.75) is 12.5 Å². The Morgan fingerprint density at radius 3 is 2.46 bits per heavy atom. The van der Waals surface area contributed by atoms with Crippen molar-refractivity contribution in [1.82, 2.24) is 0 Å². The van der Waals surface area contributed by atoms with Gasteiger partial charge in [0.2, 0.25) is 0 Å². The minimum Gasteiger partial charge on any atom is -0.497 e. The Labute approximate surface area is 151 Å². The summed E-state index contributed by atoms with van der Waals surface area (Å²) in [5.74, 6) is 0.725. The number of ether oxygens (including phenoxy) is 3. The molecule has 3 aromatic carbocycles. The fraction of sp³-hybridized carbons (Fsp3) is 0.190. The van der Waals surface area contributed by atoms with Crippen molar-refractivity contribution in [3.63, 3.8) is 0 Å². The van der Waals surface area contributed by atoms with Crippen molar-refractivity contribution in [2.75, 3.05) is 14.2 Å². The first-order chi connectivity index (χ1) is 12.6. The van der Waals surface area contributed by atoms with Crippen LogP contribution in [-0.2, 0) is 11.2 Å². The summed E-state index contributed by atoms with van der Waals surface area (Å²) in [5.41, 5.74) is 0.737. The van der Waals surface area contributed by atoms with Gasteiger partial charge >= 0.3 is 5.97 Å². The Hall–Kier alpha value is -3.21. The van der Waals surface area contributed by atoms with E-state index >= 15 is 0 Å². The monoisotopic (exact) mass is 352 g/mol. The van der Waals surface area contributed by atoms with E-state index in [9.17, 15) is 9.90 Å². The second-order valence-electron chi connectivity index (χ2n) is 5.80. The highest BCUT2D eigenvalue weighted by Crippen LogP contribution is 2.29. The first-order valence-corrected chi connectivity index (χ1v) is 8.20. The van der Waals surface area contributed by atoms with Gasteiger partial charge in [0.05, 0.1) is 14.2 Å². The molecule has 0 unspecified atom stereocenters. The quantitative estimate of drug-likeness (QED) is 0.698. The Bertz CT molecular complexity index is 914. The molecule has 0 heterocycles. The smallest absolute Gasteiger partial charge is 0.345 e. The van der Waals surface area contributed by atoms with Crippen LogP contribution in [0.2, 0.25) is 0 Å². The summed E-state index contributed by atoms with van der Waals surface area (Å²) in [5, 5.41) is 11.5. The van der Waals surface area contributed by atoms with Crippen LogP contribution in [0.25, 0.3) is 10.8 Å². The van der Waals surface area contributed by atoms with E-state index in [-0.39, 0.29) is 6.42 Å². The minimum atomic E-state index is -1.04. The Kier molecular flexibility index (Phi) is 5.27. The number of carbonyl (C=O) groups is 1. The van der Waals surface area contributed by atoms with Crippen LogP contribution in [0, 0.1) is 0 Å². The number of methoxy groups -OCH3 is 2. The predicted molar refractivity (Wildman–Crippen MR) is 99.2 cm³/mol. The maximum atomic E-state index is 11.8. The lowest BCUT2D eigenvalue weighted by Gasteiger charge is -2.18. The number of carboxylic acid groups (broad SMARTS) is 1. The summed E-state index contributed by atoms with van der Waals surface area (Å²) in [6, 6.07) is 18.6. The molecule has 3 rings (SSSR count). The molecule has 0 fully saturated rings. The Morgan fingerprint density at radius 2 is 1.73 bits per heavy atom. The number of rotatable bonds is 7. The zero-order chi connectivity index (χ0) is 18.5. The Morgan fingerprint density at radius 1 is 0.962 bits per heavy atom. The number of aliphatic carboxylic acids is 1. The van der Waals surface area contributed by atoms with Crippen LogP contribution in [0.1, 0.15) is 5.56 Å². The number of carboxylic acids is 1. The highest BCUT2D eigenvalue weighted by molar-refractivity contribution is 5.88. The van der Waals surface area contributed by atoms with Crippen molar-refractivity contribution >= 4 is 16.7 Å². The first-order valence-electron chi connectivity index (χ1n) is 8.20. The molecule has 0 aliphatic carbocycles. The van der Waals surface area contributed by atoms with E-state index in [1.807, 2.05) is 36.4 Å². The average Bonchev–Trinajstić information content (AvgIpc) is 2.67. The molecule has 0 aliphatic heterocycles. The molecule has 5 nitrogen and oxygen atoms in total. The van der Waals surface area contributed by atoms with Crippen LogP contribution in [0.15, 0.2) is 60.7 Å². The summed E-state index contributed by atoms with van der Waals surface area (Å²) in [4.78, 5) is 11.8. The van der Waals surface area contributed by atoms with Gasteiger partial charge in [-0.1, -0.05) is 42.5 Å². The highest BCUT2D eigenvalue weighted by Gasteiger charge is 2.23. The molecule has 0 saturated heterocycles. The molecule has 3 aromatic rings. The van der Waals surface area contributed by atoms with Crippen LogP contribution >= 0.6 is 0 Å². The van der Waals surface area contributed by atoms with E-state index in [0.29, 0.717) is 17.2 Å². The van der Waals surface area contributed by atoms with Crippen molar-refractivity contribution < 1.29 is 24.1 Å². The highest BCUT2D eigenvalue weighted by atomic mass is 16.5. The van der Waals surface area contributed by atoms with E-state index in [1.165, 1.54) is 0 Å². The molecular formula is C21H20O5. The summed E-state index contributed by atoms with van der Waals surface area (Å²) in [6.07, 6.45) is -0.866. The average molecular weight is 352 g/mol. The third-order valence-electron chi connectivity index (χ3n) is 4.19. The molecule has 134 valence electrons. The third-order valence-corrected chi connectivity index (χ3v) is 4.19. The van der Waals surface area contributed by atoms with Gasteiger partial charge in [-0.25, -0.2) is 4.79 Å². The molecule has 0 aromatic heterocycles. The fourth-order valence-electron chi connectivity index (χ4n) is 2.85. The van der Waals surface area contributed by atoms with E-state index in [1.54, 1.807) is 38.5 Å². The van der Waals surface area contributed by atoms with E-state index in [0.717, 1.165) is 16.3 Å². The van der Waals surface area contributed by atoms with Crippen molar-refractivity contribution in [1.29, 1.82) is 0 Å². The van der Waals surface area contributed by atoms with Gasteiger partial charge in [0, 0.05) is 17.9 Å². The number of hydrogen-bond acceptors (Lipinski definition) is 4. The SMILES string of the molecule is COc1ccc(C[C@@H](Oc2cccc3ccccc23)C(=O)O)c(OC)c1. The fourth-order valence-corrected chi connectivity index (χ4v) is 2.85. The normalized spacial score (nSPS) is 11.8. The predicted octanol–water partition coefficient (Wildman–Crippen LogP) is 3.93. The van der Waals surface area contributed by atoms with Gasteiger partial charge in [-0.3, -0.25) is 0 Å². The van der Waals surface area contributed by atoms with Crippen LogP contribution < -0.4 is 14.2 Å². The van der Waals surface area contributed by atoms with E-state index < -0.39 is 12.1 Å². The molecular weight excluding hydrogens is 332 g/mol. The van der Waals surface area contributed by atoms with Gasteiger partial charge in [0.1, 0.15) is 17.2 Å². The lowest BCUT2D eigenvalue weighted by atomic mass is 10.1. The molecule has 0 aliphatic rings. The molecule has 0 radical (unpaired) electrons. The maximum Gasteiger partial charge on any atom is 0.345 e. The maximum absolute atomic E-state index is 11.8. The van der Waals surface area contributed by atoms with Crippen LogP contribution in [0.4, 0.5) is 0 Å². The number of fused-ring (bicyclic) bond motifs is 1. The van der Waals surface area contributed by atoms with Gasteiger partial charge in [-0.2, -0.15) is 0 Å². The molecule has 0 bridgehead atoms. The van der Waals surface area contributed by atoms with Gasteiger partial charge in [-0.05, 0) is 23.1 Å². The minimum absolute atomic E-state index is 0.172. The lowest BCUT2D eigenvalue weighted by Crippen LogP contribution is -2.29. The van der Waals surface area contributed by atoms with Crippen LogP contribution in [0.5, 0.6) is 17.2 Å². The number of benzene rings is 3. The van der Waals surface area contributed by atoms with E-state index in [4.69, 9.17) is 14.2 Å². The second-order valence-corrected chi connectivity index (χ2v) is 5.80. The zero-order valence-corrected chi connectivity index (χ0v) is 14.6. The lowest BCUT2D eigenvalue weighted by molar-refractivity contribution is -0.144. The van der Waals surface area contributed by atoms with Gasteiger partial charge in [0.25, 0.3) is 0 Å². The summed E-state index contributed by atoms with van der Waals surface area (Å²) >= 11 is 0. The van der Waals surface area contributed by atoms with Gasteiger partial charge in [0.15, 0.2) is 6.10 Å². The summed E-state index contributed by atoms with van der Waals surface area (Å²) in [7, 11) is 3.11. The van der Waals surface area contributed by atoms with Crippen molar-refractivity contribution in [2.24, 2.45) is 0 Å². The molecule has 26 heavy (non-hydrogen) atoms. The molecule has 0 saturated carbocycles.